The Morgan fingerprint density at radius 3 is 2.44 bits per heavy atom. The van der Waals surface area contributed by atoms with Crippen molar-refractivity contribution in [3.63, 3.8) is 0 Å². The lowest BCUT2D eigenvalue weighted by atomic mass is 9.86. The number of hydrogen-bond acceptors (Lipinski definition) is 2. The van der Waals surface area contributed by atoms with Crippen LogP contribution in [0.15, 0.2) is 36.4 Å². The highest BCUT2D eigenvalue weighted by molar-refractivity contribution is 5.66. The van der Waals surface area contributed by atoms with Crippen LogP contribution in [0.1, 0.15) is 31.2 Å². The molecule has 0 aromatic heterocycles. The topological polar surface area (TPSA) is 18.5 Å². The van der Waals surface area contributed by atoms with E-state index in [4.69, 9.17) is 9.47 Å². The van der Waals surface area contributed by atoms with Crippen LogP contribution in [0.4, 0.5) is 0 Å². The van der Waals surface area contributed by atoms with Gasteiger partial charge < -0.3 is 9.47 Å². The summed E-state index contributed by atoms with van der Waals surface area (Å²) in [5, 5.41) is 0. The molecule has 18 heavy (non-hydrogen) atoms. The van der Waals surface area contributed by atoms with Gasteiger partial charge in [0.1, 0.15) is 0 Å². The van der Waals surface area contributed by atoms with E-state index in [-0.39, 0.29) is 6.29 Å². The van der Waals surface area contributed by atoms with Gasteiger partial charge in [-0.15, -0.1) is 0 Å². The predicted octanol–water partition coefficient (Wildman–Crippen LogP) is 3.63. The van der Waals surface area contributed by atoms with Crippen LogP contribution in [0.5, 0.6) is 0 Å². The molecule has 0 spiro atoms. The summed E-state index contributed by atoms with van der Waals surface area (Å²) < 4.78 is 11.4. The van der Waals surface area contributed by atoms with Crippen LogP contribution in [0.3, 0.4) is 0 Å². The average molecular weight is 244 g/mol. The second kappa shape index (κ2) is 5.68. The first-order valence-corrected chi connectivity index (χ1v) is 6.91. The standard InChI is InChI=1S/C16H20O2/c1-2-5-13(6-3-1)14-7-9-15(10-8-14)16-17-11-4-12-18-16/h1-3,5-7,15-16H,4,8-12H2. The largest absolute Gasteiger partial charge is 0.352 e. The van der Waals surface area contributed by atoms with Crippen molar-refractivity contribution in [2.75, 3.05) is 13.2 Å². The van der Waals surface area contributed by atoms with Crippen molar-refractivity contribution in [3.05, 3.63) is 42.0 Å². The van der Waals surface area contributed by atoms with E-state index in [9.17, 15) is 0 Å². The molecule has 1 fully saturated rings. The fourth-order valence-electron chi connectivity index (χ4n) is 2.79. The molecule has 1 aromatic rings. The molecule has 1 aromatic carbocycles. The lowest BCUT2D eigenvalue weighted by molar-refractivity contribution is -0.205. The van der Waals surface area contributed by atoms with E-state index in [0.29, 0.717) is 5.92 Å². The molecule has 1 saturated heterocycles. The van der Waals surface area contributed by atoms with E-state index in [1.807, 2.05) is 0 Å². The van der Waals surface area contributed by atoms with Crippen LogP contribution in [0, 0.1) is 5.92 Å². The maximum Gasteiger partial charge on any atom is 0.160 e. The van der Waals surface area contributed by atoms with Gasteiger partial charge in [-0.1, -0.05) is 36.4 Å². The summed E-state index contributed by atoms with van der Waals surface area (Å²) >= 11 is 0. The van der Waals surface area contributed by atoms with Crippen molar-refractivity contribution in [3.8, 4) is 0 Å². The highest BCUT2D eigenvalue weighted by Gasteiger charge is 2.27. The zero-order valence-electron chi connectivity index (χ0n) is 10.7. The summed E-state index contributed by atoms with van der Waals surface area (Å²) in [7, 11) is 0. The van der Waals surface area contributed by atoms with Crippen molar-refractivity contribution >= 4 is 5.57 Å². The van der Waals surface area contributed by atoms with Crippen molar-refractivity contribution in [2.24, 2.45) is 5.92 Å². The SMILES string of the molecule is C1=C(c2ccccc2)CCC(C2OCCCO2)C1. The van der Waals surface area contributed by atoms with Gasteiger partial charge in [0.2, 0.25) is 0 Å². The van der Waals surface area contributed by atoms with Crippen molar-refractivity contribution < 1.29 is 9.47 Å². The molecule has 2 nitrogen and oxygen atoms in total. The molecule has 1 heterocycles. The summed E-state index contributed by atoms with van der Waals surface area (Å²) in [5.41, 5.74) is 2.84. The summed E-state index contributed by atoms with van der Waals surface area (Å²) in [4.78, 5) is 0. The summed E-state index contributed by atoms with van der Waals surface area (Å²) in [6, 6.07) is 10.7. The highest BCUT2D eigenvalue weighted by atomic mass is 16.7. The molecular formula is C16H20O2. The van der Waals surface area contributed by atoms with Gasteiger partial charge in [-0.3, -0.25) is 0 Å². The van der Waals surface area contributed by atoms with E-state index >= 15 is 0 Å². The van der Waals surface area contributed by atoms with Gasteiger partial charge in [0.15, 0.2) is 6.29 Å². The Bertz CT molecular complexity index is 404. The Kier molecular flexibility index (Phi) is 3.77. The fraction of sp³-hybridized carbons (Fsp3) is 0.500. The van der Waals surface area contributed by atoms with Gasteiger partial charge in [-0.25, -0.2) is 0 Å². The van der Waals surface area contributed by atoms with Gasteiger partial charge >= 0.3 is 0 Å². The molecule has 1 unspecified atom stereocenters. The third kappa shape index (κ3) is 2.65. The van der Waals surface area contributed by atoms with E-state index in [1.165, 1.54) is 17.6 Å². The smallest absolute Gasteiger partial charge is 0.160 e. The summed E-state index contributed by atoms with van der Waals surface area (Å²) in [6.45, 7) is 1.72. The van der Waals surface area contributed by atoms with E-state index in [1.54, 1.807) is 0 Å². The molecule has 1 aliphatic carbocycles. The molecule has 0 bridgehead atoms. The van der Waals surface area contributed by atoms with E-state index in [0.717, 1.165) is 32.5 Å². The van der Waals surface area contributed by atoms with Gasteiger partial charge in [0.05, 0.1) is 13.2 Å². The average Bonchev–Trinajstić information content (AvgIpc) is 2.49. The van der Waals surface area contributed by atoms with E-state index < -0.39 is 0 Å². The van der Waals surface area contributed by atoms with Crippen molar-refractivity contribution in [1.29, 1.82) is 0 Å². The number of ether oxygens (including phenoxy) is 2. The molecule has 0 saturated carbocycles. The molecule has 1 aliphatic heterocycles. The number of hydrogen-bond donors (Lipinski definition) is 0. The predicted molar refractivity (Wildman–Crippen MR) is 72.1 cm³/mol. The first kappa shape index (κ1) is 11.9. The Morgan fingerprint density at radius 2 is 1.78 bits per heavy atom. The minimum absolute atomic E-state index is 0.0346. The molecule has 3 rings (SSSR count). The third-order valence-electron chi connectivity index (χ3n) is 3.83. The van der Waals surface area contributed by atoms with Crippen LogP contribution in [-0.2, 0) is 9.47 Å². The lowest BCUT2D eigenvalue weighted by Gasteiger charge is -2.32. The van der Waals surface area contributed by atoms with Gasteiger partial charge in [0.25, 0.3) is 0 Å². The lowest BCUT2D eigenvalue weighted by Crippen LogP contribution is -2.33. The Labute approximate surface area is 109 Å². The molecule has 0 N–H and O–H groups in total. The van der Waals surface area contributed by atoms with Crippen LogP contribution < -0.4 is 0 Å². The first-order valence-electron chi connectivity index (χ1n) is 6.91. The summed E-state index contributed by atoms with van der Waals surface area (Å²) in [5.74, 6) is 0.540. The minimum atomic E-state index is 0.0346. The molecule has 0 amide bonds. The number of allylic oxidation sites excluding steroid dienone is 2. The molecule has 1 atom stereocenters. The van der Waals surface area contributed by atoms with Crippen LogP contribution in [0.2, 0.25) is 0 Å². The zero-order chi connectivity index (χ0) is 12.2. The quantitative estimate of drug-likeness (QED) is 0.791. The van der Waals surface area contributed by atoms with Gasteiger partial charge in [-0.05, 0) is 36.8 Å². The minimum Gasteiger partial charge on any atom is -0.352 e. The molecule has 2 aliphatic rings. The van der Waals surface area contributed by atoms with Crippen molar-refractivity contribution in [2.45, 2.75) is 32.0 Å². The molecule has 0 radical (unpaired) electrons. The Morgan fingerprint density at radius 1 is 1.00 bits per heavy atom. The molecule has 96 valence electrons. The fourth-order valence-corrected chi connectivity index (χ4v) is 2.79. The number of benzene rings is 1. The molecule has 2 heteroatoms. The Hall–Kier alpha value is -1.12. The van der Waals surface area contributed by atoms with Crippen molar-refractivity contribution in [1.82, 2.24) is 0 Å². The van der Waals surface area contributed by atoms with Gasteiger partial charge in [-0.2, -0.15) is 0 Å². The summed E-state index contributed by atoms with van der Waals surface area (Å²) in [6.07, 6.45) is 6.82. The van der Waals surface area contributed by atoms with Crippen LogP contribution in [0.25, 0.3) is 5.57 Å². The highest BCUT2D eigenvalue weighted by Crippen LogP contribution is 2.33. The maximum atomic E-state index is 5.71. The first-order chi connectivity index (χ1) is 8.93. The maximum absolute atomic E-state index is 5.71. The van der Waals surface area contributed by atoms with Gasteiger partial charge in [0, 0.05) is 5.92 Å². The molecular weight excluding hydrogens is 224 g/mol. The van der Waals surface area contributed by atoms with E-state index in [2.05, 4.69) is 36.4 Å². The van der Waals surface area contributed by atoms with Crippen LogP contribution in [-0.4, -0.2) is 19.5 Å². The monoisotopic (exact) mass is 244 g/mol. The second-order valence-electron chi connectivity index (χ2n) is 5.09. The zero-order valence-corrected chi connectivity index (χ0v) is 10.7. The third-order valence-corrected chi connectivity index (χ3v) is 3.83. The Balaban J connectivity index is 1.64. The number of rotatable bonds is 2. The second-order valence-corrected chi connectivity index (χ2v) is 5.09. The van der Waals surface area contributed by atoms with Crippen LogP contribution >= 0.6 is 0 Å². The normalized spacial score (nSPS) is 25.8.